The number of hydrogen-bond acceptors (Lipinski definition) is 10. The molecule has 514 valence electrons. The molecule has 5 saturated heterocycles. The second-order valence-corrected chi connectivity index (χ2v) is 31.6. The van der Waals surface area contributed by atoms with Crippen molar-refractivity contribution in [1.82, 2.24) is 49.0 Å². The van der Waals surface area contributed by atoms with Gasteiger partial charge in [0.25, 0.3) is 0 Å². The fourth-order valence-corrected chi connectivity index (χ4v) is 13.6. The Kier molecular flexibility index (Phi) is 41.7. The minimum Gasteiger partial charge on any atom is -0.301 e. The molecule has 0 bridgehead atoms. The van der Waals surface area contributed by atoms with Crippen molar-refractivity contribution in [1.29, 1.82) is 0 Å². The molecule has 6 aliphatic rings. The molecule has 1 aromatic carbocycles. The van der Waals surface area contributed by atoms with E-state index in [2.05, 4.69) is 294 Å². The minimum atomic E-state index is 0.645. The normalized spacial score (nSPS) is 23.5. The van der Waals surface area contributed by atoms with Crippen molar-refractivity contribution in [2.75, 3.05) is 111 Å². The van der Waals surface area contributed by atoms with Crippen LogP contribution in [0.25, 0.3) is 0 Å². The summed E-state index contributed by atoms with van der Waals surface area (Å²) in [5, 5.41) is 0. The Morgan fingerprint density at radius 3 is 0.920 bits per heavy atom. The molecule has 0 aliphatic carbocycles. The zero-order valence-electron chi connectivity index (χ0n) is 64.4. The molecule has 0 aromatic heterocycles. The first-order chi connectivity index (χ1) is 40.5. The number of hydrogen-bond donors (Lipinski definition) is 0. The van der Waals surface area contributed by atoms with E-state index >= 15 is 0 Å². The first-order valence-corrected chi connectivity index (χ1v) is 36.7. The smallest absolute Gasteiger partial charge is 0.0201 e. The van der Waals surface area contributed by atoms with E-state index in [9.17, 15) is 0 Å². The molecule has 0 radical (unpaired) electrons. The quantitative estimate of drug-likeness (QED) is 0.168. The Bertz CT molecular complexity index is 1770. The highest BCUT2D eigenvalue weighted by molar-refractivity contribution is 5.26. The molecule has 6 heterocycles. The van der Waals surface area contributed by atoms with Gasteiger partial charge in [0.05, 0.1) is 0 Å². The van der Waals surface area contributed by atoms with E-state index in [0.29, 0.717) is 66.2 Å². The van der Waals surface area contributed by atoms with Gasteiger partial charge in [-0.2, -0.15) is 0 Å². The van der Waals surface area contributed by atoms with Gasteiger partial charge in [0.2, 0.25) is 0 Å². The molecule has 87 heavy (non-hydrogen) atoms. The fraction of sp³-hybridized carbons (Fsp3) is 0.896. The number of likely N-dealkylation sites (tertiary alicyclic amines) is 1. The van der Waals surface area contributed by atoms with Gasteiger partial charge in [0.1, 0.15) is 0 Å². The van der Waals surface area contributed by atoms with E-state index in [4.69, 9.17) is 0 Å². The van der Waals surface area contributed by atoms with Crippen LogP contribution in [0.15, 0.2) is 35.9 Å². The summed E-state index contributed by atoms with van der Waals surface area (Å²) >= 11 is 0. The molecule has 6 aliphatic heterocycles. The van der Waals surface area contributed by atoms with E-state index in [-0.39, 0.29) is 0 Å². The summed E-state index contributed by atoms with van der Waals surface area (Å²) in [6.45, 7) is 92.3. The van der Waals surface area contributed by atoms with Crippen LogP contribution in [-0.2, 0) is 0 Å². The fourth-order valence-electron chi connectivity index (χ4n) is 13.6. The van der Waals surface area contributed by atoms with Crippen LogP contribution in [0.1, 0.15) is 257 Å². The maximum atomic E-state index is 2.64. The molecule has 7 rings (SSSR count). The van der Waals surface area contributed by atoms with Gasteiger partial charge < -0.3 is 4.90 Å². The van der Waals surface area contributed by atoms with Crippen molar-refractivity contribution in [3.63, 3.8) is 0 Å². The average Bonchev–Trinajstić information content (AvgIpc) is 4.10. The van der Waals surface area contributed by atoms with Gasteiger partial charge in [-0.05, 0) is 239 Å². The Morgan fingerprint density at radius 2 is 0.655 bits per heavy atom. The highest BCUT2D eigenvalue weighted by atomic mass is 15.3. The second-order valence-electron chi connectivity index (χ2n) is 31.6. The van der Waals surface area contributed by atoms with E-state index in [1.54, 1.807) is 5.57 Å². The molecule has 1 aromatic rings. The summed E-state index contributed by atoms with van der Waals surface area (Å²) in [5.74, 6) is 3.87. The second kappa shape index (κ2) is 43.5. The van der Waals surface area contributed by atoms with Gasteiger partial charge in [0.15, 0.2) is 0 Å². The molecular formula is C77H156N10. The molecule has 0 N–H and O–H groups in total. The molecule has 0 saturated carbocycles. The third-order valence-electron chi connectivity index (χ3n) is 20.2. The van der Waals surface area contributed by atoms with E-state index in [0.717, 1.165) is 48.5 Å². The topological polar surface area (TPSA) is 32.4 Å². The van der Waals surface area contributed by atoms with Crippen LogP contribution >= 0.6 is 0 Å². The summed E-state index contributed by atoms with van der Waals surface area (Å²) in [5.41, 5.74) is 4.51. The largest absolute Gasteiger partial charge is 0.301 e. The van der Waals surface area contributed by atoms with Crippen molar-refractivity contribution in [2.45, 2.75) is 324 Å². The average molecular weight is 1220 g/mol. The zero-order chi connectivity index (χ0) is 66.6. The van der Waals surface area contributed by atoms with Crippen LogP contribution in [0.3, 0.4) is 0 Å². The van der Waals surface area contributed by atoms with Gasteiger partial charge in [-0.15, -0.1) is 0 Å². The minimum absolute atomic E-state index is 0.645. The zero-order valence-corrected chi connectivity index (χ0v) is 64.4. The molecule has 10 heteroatoms. The van der Waals surface area contributed by atoms with Gasteiger partial charge in [0, 0.05) is 170 Å². The van der Waals surface area contributed by atoms with Crippen LogP contribution in [-0.4, -0.2) is 239 Å². The van der Waals surface area contributed by atoms with Crippen molar-refractivity contribution >= 4 is 0 Å². The lowest BCUT2D eigenvalue weighted by Crippen LogP contribution is -2.60. The third kappa shape index (κ3) is 32.3. The molecular weight excluding hydrogens is 1060 g/mol. The Labute approximate surface area is 546 Å². The van der Waals surface area contributed by atoms with Crippen molar-refractivity contribution in [2.24, 2.45) is 17.8 Å². The van der Waals surface area contributed by atoms with Crippen LogP contribution in [0.2, 0.25) is 0 Å². The lowest BCUT2D eigenvalue weighted by molar-refractivity contribution is 0.00391. The molecule has 4 unspecified atom stereocenters. The Morgan fingerprint density at radius 1 is 0.310 bits per heavy atom. The summed E-state index contributed by atoms with van der Waals surface area (Å²) in [4.78, 5) is 25.8. The number of piperazine rings is 3. The predicted octanol–water partition coefficient (Wildman–Crippen LogP) is 16.2. The van der Waals surface area contributed by atoms with E-state index in [1.807, 2.05) is 0 Å². The van der Waals surface area contributed by atoms with E-state index < -0.39 is 0 Å². The van der Waals surface area contributed by atoms with Gasteiger partial charge >= 0.3 is 0 Å². The monoisotopic (exact) mass is 1220 g/mol. The van der Waals surface area contributed by atoms with Gasteiger partial charge in [-0.3, -0.25) is 44.1 Å². The number of nitrogens with zero attached hydrogens (tertiary/aromatic N) is 10. The summed E-state index contributed by atoms with van der Waals surface area (Å²) in [6.07, 6.45) is 6.43. The van der Waals surface area contributed by atoms with Crippen molar-refractivity contribution in [3.8, 4) is 0 Å². The van der Waals surface area contributed by atoms with Crippen LogP contribution in [0.4, 0.5) is 0 Å². The standard InChI is InChI=1S/C12H26N2.C12H18.2C11H24N2.C11H21N.C10H22N2.C10H21N/c1-9(2)13-7-11(5)14(10(3)4)12(6)8-13;1-9(2)11-5-7-12(8-6-11)10(3)4;1-9(2)12-6-7-13(10(3)4)11(5)8-12;1-10(2)12-6-5-7-13(9-8-12)11(3)4;2*1-9(2)11-5-7-12(8-6-11)10(3)4;1-8(2)10-5-6-11(7-10)9(3)4/h9-12H,7-8H2,1-6H3;5-10H,1-4H3;9-11H,6-8H2,1-5H3;10-11H,5-9H2,1-4H3;5,9-10H,6-8H2,1-4H3;9-10H,5-8H2,1-4H3;8-10H,5-7H2,1-4H3. The van der Waals surface area contributed by atoms with Gasteiger partial charge in [-0.25, -0.2) is 0 Å². The Hall–Kier alpha value is -1.44. The molecule has 5 fully saturated rings. The first-order valence-electron chi connectivity index (χ1n) is 36.7. The summed E-state index contributed by atoms with van der Waals surface area (Å²) in [7, 11) is 0. The van der Waals surface area contributed by atoms with E-state index in [1.165, 1.54) is 135 Å². The molecule has 0 amide bonds. The Balaban J connectivity index is 0.000000508. The maximum Gasteiger partial charge on any atom is 0.0201 e. The summed E-state index contributed by atoms with van der Waals surface area (Å²) < 4.78 is 0. The van der Waals surface area contributed by atoms with Crippen molar-refractivity contribution < 1.29 is 0 Å². The lowest BCUT2D eigenvalue weighted by Gasteiger charge is -2.48. The van der Waals surface area contributed by atoms with Crippen LogP contribution in [0, 0.1) is 17.8 Å². The summed E-state index contributed by atoms with van der Waals surface area (Å²) in [6, 6.07) is 18.1. The first kappa shape index (κ1) is 83.6. The number of rotatable bonds is 14. The molecule has 10 nitrogen and oxygen atoms in total. The number of benzene rings is 1. The highest BCUT2D eigenvalue weighted by Crippen LogP contribution is 2.26. The predicted molar refractivity (Wildman–Crippen MR) is 391 cm³/mol. The molecule has 4 atom stereocenters. The van der Waals surface area contributed by atoms with Gasteiger partial charge in [-0.1, -0.05) is 91.3 Å². The SMILES string of the molecule is CC(C)C1=CCN(C(C)C)CC1.CC(C)C1CCN(C(C)C)C1.CC(C)N1CC(C)N(C(C)C)C(C)C1.CC(C)N1CCCN(C(C)C)CC1.CC(C)N1CCN(C(C)C)C(C)C1.CC(C)N1CCN(C(C)C)CC1.CC(C)c1ccc(C(C)C)cc1. The van der Waals surface area contributed by atoms with Crippen LogP contribution in [0.5, 0.6) is 0 Å². The lowest BCUT2D eigenvalue weighted by atomic mass is 9.95. The third-order valence-corrected chi connectivity index (χ3v) is 20.2. The molecule has 0 spiro atoms. The maximum absolute atomic E-state index is 2.64. The van der Waals surface area contributed by atoms with Crippen molar-refractivity contribution in [3.05, 3.63) is 47.0 Å². The van der Waals surface area contributed by atoms with Crippen LogP contribution < -0.4 is 0 Å². The highest BCUT2D eigenvalue weighted by Gasteiger charge is 2.32.